The molecule has 0 aliphatic carbocycles. The van der Waals surface area contributed by atoms with Gasteiger partial charge in [0.05, 0.1) is 10.8 Å². The molecule has 0 radical (unpaired) electrons. The third-order valence-corrected chi connectivity index (χ3v) is 3.17. The lowest BCUT2D eigenvalue weighted by Gasteiger charge is -2.04. The van der Waals surface area contributed by atoms with Crippen LogP contribution in [0.25, 0.3) is 0 Å². The molecule has 0 fully saturated rings. The summed E-state index contributed by atoms with van der Waals surface area (Å²) in [7, 11) is -0.884. The summed E-state index contributed by atoms with van der Waals surface area (Å²) in [6.07, 6.45) is 0.807. The molecule has 1 rings (SSSR count). The van der Waals surface area contributed by atoms with E-state index in [4.69, 9.17) is 5.73 Å². The first kappa shape index (κ1) is 10.4. The van der Waals surface area contributed by atoms with Crippen LogP contribution >= 0.6 is 0 Å². The quantitative estimate of drug-likeness (QED) is 0.795. The molecule has 0 aromatic heterocycles. The molecule has 2 unspecified atom stereocenters. The summed E-state index contributed by atoms with van der Waals surface area (Å²) in [4.78, 5) is 0.892. The highest BCUT2D eigenvalue weighted by Crippen LogP contribution is 2.06. The first-order valence-electron chi connectivity index (χ1n) is 4.39. The molecule has 2 nitrogen and oxygen atoms in total. The Morgan fingerprint density at radius 1 is 1.38 bits per heavy atom. The van der Waals surface area contributed by atoms with Crippen LogP contribution in [0.15, 0.2) is 35.2 Å². The summed E-state index contributed by atoms with van der Waals surface area (Å²) in [5.74, 6) is 0.654. The molecular weight excluding hydrogens is 182 g/mol. The maximum Gasteiger partial charge on any atom is 0.0530 e. The third kappa shape index (κ3) is 3.70. The molecule has 0 heterocycles. The molecule has 13 heavy (non-hydrogen) atoms. The molecule has 0 spiro atoms. The molecule has 2 atom stereocenters. The van der Waals surface area contributed by atoms with Crippen LogP contribution < -0.4 is 5.73 Å². The predicted molar refractivity (Wildman–Crippen MR) is 56.0 cm³/mol. The van der Waals surface area contributed by atoms with Crippen molar-refractivity contribution < 1.29 is 4.21 Å². The van der Waals surface area contributed by atoms with Gasteiger partial charge in [0, 0.05) is 16.7 Å². The molecule has 0 saturated carbocycles. The average Bonchev–Trinajstić information content (AvgIpc) is 2.15. The van der Waals surface area contributed by atoms with Crippen LogP contribution in [0.3, 0.4) is 0 Å². The monoisotopic (exact) mass is 197 g/mol. The Balaban J connectivity index is 2.50. The molecule has 3 heteroatoms. The van der Waals surface area contributed by atoms with E-state index in [1.165, 1.54) is 0 Å². The molecule has 0 saturated heterocycles. The van der Waals surface area contributed by atoms with E-state index in [9.17, 15) is 4.21 Å². The molecule has 0 amide bonds. The summed E-state index contributed by atoms with van der Waals surface area (Å²) in [5, 5.41) is 0. The van der Waals surface area contributed by atoms with Gasteiger partial charge in [-0.1, -0.05) is 18.2 Å². The zero-order valence-corrected chi connectivity index (χ0v) is 8.59. The lowest BCUT2D eigenvalue weighted by atomic mass is 10.3. The van der Waals surface area contributed by atoms with Crippen molar-refractivity contribution >= 4 is 10.8 Å². The second-order valence-electron chi connectivity index (χ2n) is 3.13. The van der Waals surface area contributed by atoms with Crippen LogP contribution in [0.2, 0.25) is 0 Å². The molecule has 0 aliphatic rings. The fourth-order valence-corrected chi connectivity index (χ4v) is 2.27. The van der Waals surface area contributed by atoms with Gasteiger partial charge in [-0.25, -0.2) is 0 Å². The second kappa shape index (κ2) is 5.14. The van der Waals surface area contributed by atoms with Crippen LogP contribution in [0, 0.1) is 0 Å². The summed E-state index contributed by atoms with van der Waals surface area (Å²) in [6, 6.07) is 9.63. The first-order valence-corrected chi connectivity index (χ1v) is 5.71. The Hall–Kier alpha value is -0.670. The summed E-state index contributed by atoms with van der Waals surface area (Å²) >= 11 is 0. The Bertz CT molecular complexity index is 272. The van der Waals surface area contributed by atoms with Crippen molar-refractivity contribution in [1.29, 1.82) is 0 Å². The predicted octanol–water partition coefficient (Wildman–Crippen LogP) is 1.53. The summed E-state index contributed by atoms with van der Waals surface area (Å²) in [6.45, 7) is 1.93. The molecule has 0 aliphatic heterocycles. The van der Waals surface area contributed by atoms with Gasteiger partial charge < -0.3 is 5.73 Å². The van der Waals surface area contributed by atoms with Crippen molar-refractivity contribution in [3.05, 3.63) is 30.3 Å². The molecule has 72 valence electrons. The topological polar surface area (TPSA) is 43.1 Å². The lowest BCUT2D eigenvalue weighted by molar-refractivity contribution is 0.668. The summed E-state index contributed by atoms with van der Waals surface area (Å²) in [5.41, 5.74) is 5.58. The van der Waals surface area contributed by atoms with Crippen molar-refractivity contribution in [3.63, 3.8) is 0 Å². The summed E-state index contributed by atoms with van der Waals surface area (Å²) < 4.78 is 11.6. The number of hydrogen-bond acceptors (Lipinski definition) is 2. The molecule has 1 aromatic rings. The van der Waals surface area contributed by atoms with Crippen LogP contribution in [0.5, 0.6) is 0 Å². The number of rotatable bonds is 4. The Morgan fingerprint density at radius 2 is 2.00 bits per heavy atom. The van der Waals surface area contributed by atoms with E-state index >= 15 is 0 Å². The minimum Gasteiger partial charge on any atom is -0.328 e. The van der Waals surface area contributed by atoms with Gasteiger partial charge in [0.15, 0.2) is 0 Å². The van der Waals surface area contributed by atoms with Crippen LogP contribution in [0.1, 0.15) is 13.3 Å². The van der Waals surface area contributed by atoms with Gasteiger partial charge in [-0.15, -0.1) is 0 Å². The zero-order valence-electron chi connectivity index (χ0n) is 7.77. The van der Waals surface area contributed by atoms with Gasteiger partial charge in [0.1, 0.15) is 0 Å². The normalized spacial score (nSPS) is 15.2. The highest BCUT2D eigenvalue weighted by atomic mass is 32.2. The largest absolute Gasteiger partial charge is 0.328 e. The highest BCUT2D eigenvalue weighted by Gasteiger charge is 2.03. The molecule has 2 N–H and O–H groups in total. The Morgan fingerprint density at radius 3 is 2.54 bits per heavy atom. The molecule has 1 aromatic carbocycles. The maximum atomic E-state index is 11.6. The van der Waals surface area contributed by atoms with Crippen molar-refractivity contribution in [2.45, 2.75) is 24.3 Å². The van der Waals surface area contributed by atoms with Gasteiger partial charge in [0.25, 0.3) is 0 Å². The third-order valence-electron chi connectivity index (χ3n) is 1.76. The number of benzene rings is 1. The van der Waals surface area contributed by atoms with E-state index < -0.39 is 10.8 Å². The molecule has 0 bridgehead atoms. The maximum absolute atomic E-state index is 11.6. The highest BCUT2D eigenvalue weighted by molar-refractivity contribution is 7.85. The Labute approximate surface area is 81.6 Å². The minimum atomic E-state index is -0.884. The van der Waals surface area contributed by atoms with E-state index in [1.807, 2.05) is 37.3 Å². The Kier molecular flexibility index (Phi) is 4.12. The molecular formula is C10H15NOS. The first-order chi connectivity index (χ1) is 6.20. The smallest absolute Gasteiger partial charge is 0.0530 e. The second-order valence-corrected chi connectivity index (χ2v) is 4.70. The van der Waals surface area contributed by atoms with Gasteiger partial charge in [-0.3, -0.25) is 4.21 Å². The number of hydrogen-bond donors (Lipinski definition) is 1. The fourth-order valence-electron chi connectivity index (χ4n) is 0.983. The van der Waals surface area contributed by atoms with Crippen molar-refractivity contribution in [2.75, 3.05) is 5.75 Å². The van der Waals surface area contributed by atoms with Gasteiger partial charge >= 0.3 is 0 Å². The lowest BCUT2D eigenvalue weighted by Crippen LogP contribution is -2.17. The van der Waals surface area contributed by atoms with Gasteiger partial charge in [0.2, 0.25) is 0 Å². The van der Waals surface area contributed by atoms with Gasteiger partial charge in [-0.2, -0.15) is 0 Å². The van der Waals surface area contributed by atoms with Gasteiger partial charge in [-0.05, 0) is 25.5 Å². The standard InChI is InChI=1S/C10H15NOS/c1-9(11)7-8-13(12)10-5-3-2-4-6-10/h2-6,9H,7-8,11H2,1H3. The van der Waals surface area contributed by atoms with Crippen LogP contribution in [-0.2, 0) is 10.8 Å². The van der Waals surface area contributed by atoms with Crippen LogP contribution in [-0.4, -0.2) is 16.0 Å². The van der Waals surface area contributed by atoms with E-state index in [1.54, 1.807) is 0 Å². The van der Waals surface area contributed by atoms with Crippen molar-refractivity contribution in [2.24, 2.45) is 5.73 Å². The average molecular weight is 197 g/mol. The van der Waals surface area contributed by atoms with E-state index in [0.29, 0.717) is 5.75 Å². The zero-order chi connectivity index (χ0) is 9.68. The van der Waals surface area contributed by atoms with E-state index in [-0.39, 0.29) is 6.04 Å². The van der Waals surface area contributed by atoms with Crippen LogP contribution in [0.4, 0.5) is 0 Å². The SMILES string of the molecule is CC(N)CCS(=O)c1ccccc1. The van der Waals surface area contributed by atoms with Crippen molar-refractivity contribution in [3.8, 4) is 0 Å². The van der Waals surface area contributed by atoms with E-state index in [2.05, 4.69) is 0 Å². The fraction of sp³-hybridized carbons (Fsp3) is 0.400. The number of nitrogens with two attached hydrogens (primary N) is 1. The van der Waals surface area contributed by atoms with E-state index in [0.717, 1.165) is 11.3 Å². The van der Waals surface area contributed by atoms with Crippen molar-refractivity contribution in [1.82, 2.24) is 0 Å². The minimum absolute atomic E-state index is 0.132.